The van der Waals surface area contributed by atoms with E-state index in [1.165, 1.54) is 0 Å². The molecule has 0 saturated heterocycles. The maximum Gasteiger partial charge on any atom is 0.189 e. The Bertz CT molecular complexity index is 572. The number of hydrogen-bond acceptors (Lipinski definition) is 3. The van der Waals surface area contributed by atoms with Crippen molar-refractivity contribution in [3.8, 4) is 16.9 Å². The predicted octanol–water partition coefficient (Wildman–Crippen LogP) is 4.77. The monoisotopic (exact) mass is 370 g/mol. The van der Waals surface area contributed by atoms with Crippen LogP contribution in [0.2, 0.25) is 5.02 Å². The van der Waals surface area contributed by atoms with Crippen LogP contribution in [0.4, 0.5) is 0 Å². The lowest BCUT2D eigenvalue weighted by atomic mass is 10.1. The summed E-state index contributed by atoms with van der Waals surface area (Å²) in [6.07, 6.45) is 0. The van der Waals surface area contributed by atoms with E-state index in [0.717, 1.165) is 26.4 Å². The van der Waals surface area contributed by atoms with Gasteiger partial charge in [-0.3, -0.25) is 0 Å². The zero-order chi connectivity index (χ0) is 15.1. The SMILES string of the molecule is COCCOCOc1ccc(-c2ccc(Cl)cc2)cc1Br. The van der Waals surface area contributed by atoms with Gasteiger partial charge in [0.05, 0.1) is 17.7 Å². The molecule has 0 fully saturated rings. The second-order valence-corrected chi connectivity index (χ2v) is 5.61. The van der Waals surface area contributed by atoms with Gasteiger partial charge in [-0.15, -0.1) is 0 Å². The predicted molar refractivity (Wildman–Crippen MR) is 87.9 cm³/mol. The fraction of sp³-hybridized carbons (Fsp3) is 0.250. The van der Waals surface area contributed by atoms with E-state index in [4.69, 9.17) is 25.8 Å². The molecule has 0 saturated carbocycles. The summed E-state index contributed by atoms with van der Waals surface area (Å²) >= 11 is 9.41. The fourth-order valence-corrected chi connectivity index (χ4v) is 2.37. The highest BCUT2D eigenvalue weighted by atomic mass is 79.9. The molecule has 2 aromatic carbocycles. The van der Waals surface area contributed by atoms with Crippen molar-refractivity contribution in [2.45, 2.75) is 0 Å². The minimum atomic E-state index is 0.197. The summed E-state index contributed by atoms with van der Waals surface area (Å²) in [5.41, 5.74) is 2.19. The average Bonchev–Trinajstić information content (AvgIpc) is 2.49. The van der Waals surface area contributed by atoms with Gasteiger partial charge < -0.3 is 14.2 Å². The van der Waals surface area contributed by atoms with E-state index < -0.39 is 0 Å². The molecular formula is C16H16BrClO3. The van der Waals surface area contributed by atoms with Gasteiger partial charge in [0.1, 0.15) is 5.75 Å². The minimum Gasteiger partial charge on any atom is -0.466 e. The Balaban J connectivity index is 1.98. The third kappa shape index (κ3) is 5.00. The van der Waals surface area contributed by atoms with E-state index in [2.05, 4.69) is 15.9 Å². The lowest BCUT2D eigenvalue weighted by molar-refractivity contribution is -0.00879. The van der Waals surface area contributed by atoms with Crippen molar-refractivity contribution in [2.24, 2.45) is 0 Å². The van der Waals surface area contributed by atoms with Gasteiger partial charge in [0.25, 0.3) is 0 Å². The number of rotatable bonds is 7. The Labute approximate surface area is 137 Å². The smallest absolute Gasteiger partial charge is 0.189 e. The van der Waals surface area contributed by atoms with Crippen LogP contribution in [-0.4, -0.2) is 27.1 Å². The van der Waals surface area contributed by atoms with E-state index in [0.29, 0.717) is 13.2 Å². The first-order valence-electron chi connectivity index (χ1n) is 6.45. The van der Waals surface area contributed by atoms with Gasteiger partial charge >= 0.3 is 0 Å². The molecule has 2 aromatic rings. The molecule has 0 heterocycles. The summed E-state index contributed by atoms with van der Waals surface area (Å²) in [5, 5.41) is 0.728. The second kappa shape index (κ2) is 8.39. The van der Waals surface area contributed by atoms with Crippen molar-refractivity contribution in [2.75, 3.05) is 27.1 Å². The van der Waals surface area contributed by atoms with Crippen LogP contribution in [0.25, 0.3) is 11.1 Å². The van der Waals surface area contributed by atoms with Crippen molar-refractivity contribution in [3.63, 3.8) is 0 Å². The van der Waals surface area contributed by atoms with Crippen LogP contribution in [0.3, 0.4) is 0 Å². The highest BCUT2D eigenvalue weighted by molar-refractivity contribution is 9.10. The van der Waals surface area contributed by atoms with Gasteiger partial charge in [0, 0.05) is 12.1 Å². The van der Waals surface area contributed by atoms with Crippen LogP contribution >= 0.6 is 27.5 Å². The van der Waals surface area contributed by atoms with Crippen LogP contribution in [0.15, 0.2) is 46.9 Å². The average molecular weight is 372 g/mol. The third-order valence-electron chi connectivity index (χ3n) is 2.84. The molecular weight excluding hydrogens is 356 g/mol. The van der Waals surface area contributed by atoms with Gasteiger partial charge in [0.2, 0.25) is 0 Å². The van der Waals surface area contributed by atoms with Crippen LogP contribution in [0.5, 0.6) is 5.75 Å². The first-order chi connectivity index (χ1) is 10.2. The second-order valence-electron chi connectivity index (χ2n) is 4.32. The van der Waals surface area contributed by atoms with Gasteiger partial charge in [-0.2, -0.15) is 0 Å². The maximum absolute atomic E-state index is 5.90. The Morgan fingerprint density at radius 2 is 1.71 bits per heavy atom. The molecule has 5 heteroatoms. The molecule has 0 bridgehead atoms. The molecule has 0 aromatic heterocycles. The third-order valence-corrected chi connectivity index (χ3v) is 3.71. The summed E-state index contributed by atoms with van der Waals surface area (Å²) in [4.78, 5) is 0. The Morgan fingerprint density at radius 3 is 2.38 bits per heavy atom. The molecule has 0 amide bonds. The summed E-state index contributed by atoms with van der Waals surface area (Å²) in [5.74, 6) is 0.741. The summed E-state index contributed by atoms with van der Waals surface area (Å²) in [6.45, 7) is 1.26. The van der Waals surface area contributed by atoms with Gasteiger partial charge in [0.15, 0.2) is 6.79 Å². The van der Waals surface area contributed by atoms with Crippen molar-refractivity contribution in [3.05, 3.63) is 52.0 Å². The van der Waals surface area contributed by atoms with Crippen LogP contribution in [0, 0.1) is 0 Å². The molecule has 0 aliphatic heterocycles. The number of methoxy groups -OCH3 is 1. The highest BCUT2D eigenvalue weighted by Gasteiger charge is 2.05. The van der Waals surface area contributed by atoms with E-state index in [9.17, 15) is 0 Å². The number of halogens is 2. The summed E-state index contributed by atoms with van der Waals surface area (Å²) in [6, 6.07) is 13.6. The van der Waals surface area contributed by atoms with Crippen LogP contribution in [-0.2, 0) is 9.47 Å². The molecule has 2 rings (SSSR count). The molecule has 21 heavy (non-hydrogen) atoms. The molecule has 0 radical (unpaired) electrons. The topological polar surface area (TPSA) is 27.7 Å². The summed E-state index contributed by atoms with van der Waals surface area (Å²) in [7, 11) is 1.64. The number of benzene rings is 2. The zero-order valence-corrected chi connectivity index (χ0v) is 14.0. The molecule has 3 nitrogen and oxygen atoms in total. The maximum atomic E-state index is 5.90. The molecule has 0 unspecified atom stereocenters. The lowest BCUT2D eigenvalue weighted by Gasteiger charge is -2.10. The Kier molecular flexibility index (Phi) is 6.51. The summed E-state index contributed by atoms with van der Waals surface area (Å²) < 4.78 is 16.6. The highest BCUT2D eigenvalue weighted by Crippen LogP contribution is 2.31. The quantitative estimate of drug-likeness (QED) is 0.518. The van der Waals surface area contributed by atoms with Crippen molar-refractivity contribution in [1.29, 1.82) is 0 Å². The van der Waals surface area contributed by atoms with E-state index in [1.807, 2.05) is 42.5 Å². The van der Waals surface area contributed by atoms with Gasteiger partial charge in [-0.05, 0) is 51.3 Å². The first kappa shape index (κ1) is 16.3. The first-order valence-corrected chi connectivity index (χ1v) is 7.63. The zero-order valence-electron chi connectivity index (χ0n) is 11.6. The molecule has 0 aliphatic carbocycles. The molecule has 0 spiro atoms. The van der Waals surface area contributed by atoms with Crippen LogP contribution < -0.4 is 4.74 Å². The van der Waals surface area contributed by atoms with Gasteiger partial charge in [-0.1, -0.05) is 29.8 Å². The van der Waals surface area contributed by atoms with Crippen molar-refractivity contribution >= 4 is 27.5 Å². The molecule has 112 valence electrons. The Hall–Kier alpha value is -1.07. The van der Waals surface area contributed by atoms with E-state index in [1.54, 1.807) is 7.11 Å². The number of ether oxygens (including phenoxy) is 3. The van der Waals surface area contributed by atoms with Crippen molar-refractivity contribution < 1.29 is 14.2 Å². The lowest BCUT2D eigenvalue weighted by Crippen LogP contribution is -2.07. The largest absolute Gasteiger partial charge is 0.466 e. The van der Waals surface area contributed by atoms with E-state index in [-0.39, 0.29) is 6.79 Å². The fourth-order valence-electron chi connectivity index (χ4n) is 1.75. The van der Waals surface area contributed by atoms with E-state index >= 15 is 0 Å². The van der Waals surface area contributed by atoms with Gasteiger partial charge in [-0.25, -0.2) is 0 Å². The standard InChI is InChI=1S/C16H16BrClO3/c1-19-8-9-20-11-21-16-7-4-13(10-15(16)17)12-2-5-14(18)6-3-12/h2-7,10H,8-9,11H2,1H3. The van der Waals surface area contributed by atoms with Crippen LogP contribution in [0.1, 0.15) is 0 Å². The number of hydrogen-bond donors (Lipinski definition) is 0. The minimum absolute atomic E-state index is 0.197. The van der Waals surface area contributed by atoms with Crippen molar-refractivity contribution in [1.82, 2.24) is 0 Å². The normalized spacial score (nSPS) is 10.6. The molecule has 0 aliphatic rings. The molecule has 0 N–H and O–H groups in total. The Morgan fingerprint density at radius 1 is 1.00 bits per heavy atom. The molecule has 0 atom stereocenters.